The number of hydrogen-bond donors (Lipinski definition) is 0. The number of rotatable bonds is 2. The second-order valence-electron chi connectivity index (χ2n) is 2.40. The molecular weight excluding hydrogens is 170 g/mol. The van der Waals surface area contributed by atoms with Gasteiger partial charge in [0.15, 0.2) is 0 Å². The van der Waals surface area contributed by atoms with Gasteiger partial charge < -0.3 is 4.57 Å². The molecule has 0 aliphatic carbocycles. The summed E-state index contributed by atoms with van der Waals surface area (Å²) >= 11 is 1.64. The molecule has 2 aromatic rings. The van der Waals surface area contributed by atoms with Crippen LogP contribution in [0.2, 0.25) is 0 Å². The second kappa shape index (κ2) is 3.06. The fourth-order valence-corrected chi connectivity index (χ4v) is 1.76. The third-order valence-corrected chi connectivity index (χ3v) is 2.50. The topological polar surface area (TPSA) is 30.7 Å². The Balaban J connectivity index is 2.46. The Morgan fingerprint density at radius 1 is 1.58 bits per heavy atom. The second-order valence-corrected chi connectivity index (χ2v) is 3.30. The Kier molecular flexibility index (Phi) is 1.91. The van der Waals surface area contributed by atoms with Crippen molar-refractivity contribution in [3.63, 3.8) is 0 Å². The van der Waals surface area contributed by atoms with E-state index in [9.17, 15) is 0 Å². The summed E-state index contributed by atoms with van der Waals surface area (Å²) in [5, 5.41) is 3.01. The molecule has 0 spiro atoms. The van der Waals surface area contributed by atoms with Gasteiger partial charge in [-0.3, -0.25) is 0 Å². The minimum Gasteiger partial charge on any atom is -0.329 e. The molecule has 0 aromatic carbocycles. The zero-order valence-corrected chi connectivity index (χ0v) is 7.58. The summed E-state index contributed by atoms with van der Waals surface area (Å²) < 4.78 is 2.08. The number of imidazole rings is 1. The SMILES string of the molecule is CCn1cncc1-c1nccs1. The number of thiazole rings is 1. The molecule has 0 radical (unpaired) electrons. The van der Waals surface area contributed by atoms with Crippen LogP contribution in [-0.2, 0) is 6.54 Å². The molecule has 2 aromatic heterocycles. The summed E-state index contributed by atoms with van der Waals surface area (Å²) in [6, 6.07) is 0. The van der Waals surface area contributed by atoms with Crippen LogP contribution in [0.4, 0.5) is 0 Å². The first-order chi connectivity index (χ1) is 5.92. The minimum atomic E-state index is 0.939. The molecule has 4 heteroatoms. The van der Waals surface area contributed by atoms with Crippen LogP contribution in [0.15, 0.2) is 24.1 Å². The van der Waals surface area contributed by atoms with Crippen molar-refractivity contribution in [2.24, 2.45) is 0 Å². The number of aryl methyl sites for hydroxylation is 1. The van der Waals surface area contributed by atoms with Crippen molar-refractivity contribution in [3.05, 3.63) is 24.1 Å². The van der Waals surface area contributed by atoms with Gasteiger partial charge in [-0.15, -0.1) is 11.3 Å². The van der Waals surface area contributed by atoms with Crippen LogP contribution in [0, 0.1) is 0 Å². The van der Waals surface area contributed by atoms with E-state index in [-0.39, 0.29) is 0 Å². The molecule has 0 saturated carbocycles. The van der Waals surface area contributed by atoms with E-state index >= 15 is 0 Å². The predicted octanol–water partition coefficient (Wildman–Crippen LogP) is 2.03. The van der Waals surface area contributed by atoms with Crippen molar-refractivity contribution in [3.8, 4) is 10.7 Å². The van der Waals surface area contributed by atoms with Gasteiger partial charge >= 0.3 is 0 Å². The van der Waals surface area contributed by atoms with Gasteiger partial charge in [-0.2, -0.15) is 0 Å². The fraction of sp³-hybridized carbons (Fsp3) is 0.250. The van der Waals surface area contributed by atoms with Crippen LogP contribution in [0.25, 0.3) is 10.7 Å². The Morgan fingerprint density at radius 3 is 3.17 bits per heavy atom. The maximum atomic E-state index is 4.22. The molecule has 0 N–H and O–H groups in total. The molecule has 0 saturated heterocycles. The summed E-state index contributed by atoms with van der Waals surface area (Å²) in [7, 11) is 0. The van der Waals surface area contributed by atoms with Gasteiger partial charge in [0.05, 0.1) is 18.2 Å². The monoisotopic (exact) mass is 179 g/mol. The summed E-state index contributed by atoms with van der Waals surface area (Å²) in [5.74, 6) is 0. The third-order valence-electron chi connectivity index (χ3n) is 1.70. The Morgan fingerprint density at radius 2 is 2.50 bits per heavy atom. The highest BCUT2D eigenvalue weighted by molar-refractivity contribution is 7.13. The molecular formula is C8H9N3S. The molecule has 0 aliphatic rings. The standard InChI is InChI=1S/C8H9N3S/c1-2-11-6-9-5-7(11)8-10-3-4-12-8/h3-6H,2H2,1H3. The Hall–Kier alpha value is -1.16. The van der Waals surface area contributed by atoms with E-state index in [1.165, 1.54) is 0 Å². The van der Waals surface area contributed by atoms with Crippen LogP contribution in [-0.4, -0.2) is 14.5 Å². The van der Waals surface area contributed by atoms with Crippen LogP contribution >= 0.6 is 11.3 Å². The van der Waals surface area contributed by atoms with Gasteiger partial charge in [0, 0.05) is 18.1 Å². The first-order valence-electron chi connectivity index (χ1n) is 3.82. The molecule has 0 fully saturated rings. The lowest BCUT2D eigenvalue weighted by atomic mass is 10.5. The molecule has 2 heterocycles. The first kappa shape index (κ1) is 7.49. The molecule has 0 atom stereocenters. The first-order valence-corrected chi connectivity index (χ1v) is 4.69. The Bertz CT molecular complexity index is 350. The van der Waals surface area contributed by atoms with Crippen molar-refractivity contribution in [2.45, 2.75) is 13.5 Å². The van der Waals surface area contributed by atoms with Gasteiger partial charge in [0.2, 0.25) is 0 Å². The zero-order chi connectivity index (χ0) is 8.39. The van der Waals surface area contributed by atoms with Crippen LogP contribution < -0.4 is 0 Å². The number of hydrogen-bond acceptors (Lipinski definition) is 3. The van der Waals surface area contributed by atoms with E-state index in [2.05, 4.69) is 21.5 Å². The van der Waals surface area contributed by atoms with Gasteiger partial charge in [-0.1, -0.05) is 0 Å². The zero-order valence-electron chi connectivity index (χ0n) is 6.77. The highest BCUT2D eigenvalue weighted by atomic mass is 32.1. The highest BCUT2D eigenvalue weighted by Gasteiger charge is 2.04. The molecule has 0 amide bonds. The quantitative estimate of drug-likeness (QED) is 0.706. The van der Waals surface area contributed by atoms with E-state index in [4.69, 9.17) is 0 Å². The summed E-state index contributed by atoms with van der Waals surface area (Å²) in [6.07, 6.45) is 5.49. The lowest BCUT2D eigenvalue weighted by Gasteiger charge is -1.99. The fourth-order valence-electron chi connectivity index (χ4n) is 1.10. The molecule has 3 nitrogen and oxygen atoms in total. The molecule has 12 heavy (non-hydrogen) atoms. The summed E-state index contributed by atoms with van der Waals surface area (Å²) in [6.45, 7) is 3.04. The average Bonchev–Trinajstić information content (AvgIpc) is 2.74. The normalized spacial score (nSPS) is 10.4. The van der Waals surface area contributed by atoms with E-state index in [0.29, 0.717) is 0 Å². The van der Waals surface area contributed by atoms with Gasteiger partial charge in [0.25, 0.3) is 0 Å². The lowest BCUT2D eigenvalue weighted by Crippen LogP contribution is -1.93. The molecule has 62 valence electrons. The molecule has 2 rings (SSSR count). The van der Waals surface area contributed by atoms with Crippen molar-refractivity contribution < 1.29 is 0 Å². The largest absolute Gasteiger partial charge is 0.329 e. The van der Waals surface area contributed by atoms with Crippen LogP contribution in [0.3, 0.4) is 0 Å². The average molecular weight is 179 g/mol. The van der Waals surface area contributed by atoms with Crippen LogP contribution in [0.1, 0.15) is 6.92 Å². The summed E-state index contributed by atoms with van der Waals surface area (Å²) in [4.78, 5) is 8.30. The maximum absolute atomic E-state index is 4.22. The van der Waals surface area contributed by atoms with Gasteiger partial charge in [-0.25, -0.2) is 9.97 Å². The maximum Gasteiger partial charge on any atom is 0.141 e. The Labute approximate surface area is 74.7 Å². The van der Waals surface area contributed by atoms with Crippen molar-refractivity contribution >= 4 is 11.3 Å². The molecule has 0 unspecified atom stereocenters. The van der Waals surface area contributed by atoms with Crippen LogP contribution in [0.5, 0.6) is 0 Å². The third kappa shape index (κ3) is 1.14. The lowest BCUT2D eigenvalue weighted by molar-refractivity contribution is 0.768. The van der Waals surface area contributed by atoms with E-state index in [1.54, 1.807) is 11.3 Å². The number of nitrogens with zero attached hydrogens (tertiary/aromatic N) is 3. The van der Waals surface area contributed by atoms with E-state index in [0.717, 1.165) is 17.2 Å². The number of aromatic nitrogens is 3. The molecule has 0 bridgehead atoms. The highest BCUT2D eigenvalue weighted by Crippen LogP contribution is 2.20. The van der Waals surface area contributed by atoms with Crippen molar-refractivity contribution in [1.29, 1.82) is 0 Å². The van der Waals surface area contributed by atoms with Crippen molar-refractivity contribution in [1.82, 2.24) is 14.5 Å². The van der Waals surface area contributed by atoms with Gasteiger partial charge in [0.1, 0.15) is 5.01 Å². The minimum absolute atomic E-state index is 0.939. The van der Waals surface area contributed by atoms with Crippen molar-refractivity contribution in [2.75, 3.05) is 0 Å². The smallest absolute Gasteiger partial charge is 0.141 e. The van der Waals surface area contributed by atoms with E-state index < -0.39 is 0 Å². The predicted molar refractivity (Wildman–Crippen MR) is 49.0 cm³/mol. The summed E-state index contributed by atoms with van der Waals surface area (Å²) in [5.41, 5.74) is 1.10. The van der Waals surface area contributed by atoms with Gasteiger partial charge in [-0.05, 0) is 6.92 Å². The molecule has 0 aliphatic heterocycles. The van der Waals surface area contributed by atoms with E-state index in [1.807, 2.05) is 24.1 Å².